The molecule has 3 N–H and O–H groups in total. The molecule has 0 aliphatic carbocycles. The molecule has 0 radical (unpaired) electrons. The molecule has 0 spiro atoms. The normalized spacial score (nSPS) is 11.5. The molecule has 2 heterocycles. The molecule has 6 nitrogen and oxygen atoms in total. The van der Waals surface area contributed by atoms with Crippen molar-refractivity contribution in [1.29, 1.82) is 0 Å². The number of carbonyl (C=O) groups excluding carboxylic acids is 1. The average Bonchev–Trinajstić information content (AvgIpc) is 3.63. The van der Waals surface area contributed by atoms with Gasteiger partial charge in [-0.3, -0.25) is 4.79 Å². The Morgan fingerprint density at radius 3 is 2.55 bits per heavy atom. The fraction of sp³-hybridized carbons (Fsp3) is 0.216. The van der Waals surface area contributed by atoms with Crippen LogP contribution in [0.2, 0.25) is 0 Å². The fourth-order valence-corrected chi connectivity index (χ4v) is 5.57. The Balaban J connectivity index is 1.37. The maximum atomic E-state index is 13.7. The van der Waals surface area contributed by atoms with Gasteiger partial charge in [0.1, 0.15) is 22.9 Å². The van der Waals surface area contributed by atoms with Gasteiger partial charge >= 0.3 is 0 Å². The molecule has 0 aliphatic heterocycles. The van der Waals surface area contributed by atoms with Crippen LogP contribution in [-0.2, 0) is 13.0 Å². The van der Waals surface area contributed by atoms with Crippen molar-refractivity contribution in [1.82, 2.24) is 15.6 Å². The summed E-state index contributed by atoms with van der Waals surface area (Å²) in [5.74, 6) is 1.08. The van der Waals surface area contributed by atoms with Gasteiger partial charge in [0.2, 0.25) is 0 Å². The summed E-state index contributed by atoms with van der Waals surface area (Å²) in [6.07, 6.45) is 2.80. The van der Waals surface area contributed by atoms with Crippen LogP contribution in [0.15, 0.2) is 95.5 Å². The molecule has 2 aromatic heterocycles. The molecule has 224 valence electrons. The zero-order valence-corrected chi connectivity index (χ0v) is 25.2. The highest BCUT2D eigenvalue weighted by Crippen LogP contribution is 2.38. The second-order valence-corrected chi connectivity index (χ2v) is 11.4. The van der Waals surface area contributed by atoms with E-state index in [1.54, 1.807) is 19.2 Å². The van der Waals surface area contributed by atoms with Gasteiger partial charge in [-0.2, -0.15) is 0 Å². The van der Waals surface area contributed by atoms with Crippen LogP contribution < -0.4 is 15.4 Å². The van der Waals surface area contributed by atoms with Crippen molar-refractivity contribution in [3.63, 3.8) is 0 Å². The van der Waals surface area contributed by atoms with Crippen molar-refractivity contribution in [3.05, 3.63) is 114 Å². The van der Waals surface area contributed by atoms with Gasteiger partial charge in [0.05, 0.1) is 12.2 Å². The number of aromatic amines is 1. The smallest absolute Gasteiger partial charge is 0.255 e. The van der Waals surface area contributed by atoms with Crippen molar-refractivity contribution in [2.45, 2.75) is 26.8 Å². The van der Waals surface area contributed by atoms with Crippen molar-refractivity contribution in [3.8, 4) is 28.2 Å². The van der Waals surface area contributed by atoms with Crippen LogP contribution >= 0.6 is 0 Å². The maximum absolute atomic E-state index is 13.7. The van der Waals surface area contributed by atoms with Crippen LogP contribution in [0.1, 0.15) is 35.3 Å². The van der Waals surface area contributed by atoms with Crippen molar-refractivity contribution in [2.24, 2.45) is 5.92 Å². The molecule has 6 rings (SSSR count). The van der Waals surface area contributed by atoms with Crippen molar-refractivity contribution >= 4 is 27.8 Å². The average molecular weight is 590 g/mol. The van der Waals surface area contributed by atoms with Gasteiger partial charge in [0.25, 0.3) is 5.91 Å². The van der Waals surface area contributed by atoms with Crippen LogP contribution in [0.25, 0.3) is 44.3 Å². The van der Waals surface area contributed by atoms with E-state index < -0.39 is 0 Å². The van der Waals surface area contributed by atoms with Crippen molar-refractivity contribution in [2.75, 3.05) is 20.2 Å². The lowest BCUT2D eigenvalue weighted by molar-refractivity contribution is 0.0964. The topological polar surface area (TPSA) is 79.3 Å². The van der Waals surface area contributed by atoms with Crippen LogP contribution in [0.5, 0.6) is 5.75 Å². The largest absolute Gasteiger partial charge is 0.493 e. The van der Waals surface area contributed by atoms with Gasteiger partial charge in [0.15, 0.2) is 0 Å². The minimum Gasteiger partial charge on any atom is -0.493 e. The quantitative estimate of drug-likeness (QED) is 0.143. The van der Waals surface area contributed by atoms with Crippen LogP contribution in [0.4, 0.5) is 4.39 Å². The summed E-state index contributed by atoms with van der Waals surface area (Å²) in [6.45, 7) is 6.53. The summed E-state index contributed by atoms with van der Waals surface area (Å²) >= 11 is 0. The fourth-order valence-electron chi connectivity index (χ4n) is 5.57. The molecular formula is C37H36FN3O3. The van der Waals surface area contributed by atoms with Gasteiger partial charge in [0, 0.05) is 53.6 Å². The van der Waals surface area contributed by atoms with E-state index >= 15 is 0 Å². The monoisotopic (exact) mass is 589 g/mol. The number of fused-ring (bicyclic) bond motifs is 2. The number of hydrogen-bond donors (Lipinski definition) is 3. The van der Waals surface area contributed by atoms with Crippen LogP contribution in [-0.4, -0.2) is 31.1 Å². The van der Waals surface area contributed by atoms with Crippen LogP contribution in [0.3, 0.4) is 0 Å². The number of aromatic nitrogens is 1. The summed E-state index contributed by atoms with van der Waals surface area (Å²) in [4.78, 5) is 16.5. The number of furan rings is 1. The Labute approximate surface area is 256 Å². The number of ether oxygens (including phenoxy) is 1. The standard InChI is InChI=1S/C37H36FN3O3/c1-23(2)20-40-21-24-8-14-33(43-17-16-27-22-41-32-7-5-4-6-29(27)32)30(18-24)26-11-15-34-31(19-26)35(37(42)39-3)36(44-34)25-9-12-28(38)13-10-25/h4-15,18-19,22-23,40-41H,16-17,20-21H2,1-3H3,(H,39,42). The molecule has 0 atom stereocenters. The number of nitrogens with one attached hydrogen (secondary N) is 3. The molecule has 0 unspecified atom stereocenters. The summed E-state index contributed by atoms with van der Waals surface area (Å²) in [5.41, 5.74) is 6.90. The molecule has 0 bridgehead atoms. The number of carbonyl (C=O) groups is 1. The second kappa shape index (κ2) is 12.8. The summed E-state index contributed by atoms with van der Waals surface area (Å²) in [6, 6.07) is 26.3. The number of hydrogen-bond acceptors (Lipinski definition) is 4. The minimum atomic E-state index is -0.353. The summed E-state index contributed by atoms with van der Waals surface area (Å²) < 4.78 is 26.3. The number of rotatable bonds is 11. The minimum absolute atomic E-state index is 0.276. The van der Waals surface area contributed by atoms with E-state index in [0.29, 0.717) is 40.4 Å². The van der Waals surface area contributed by atoms with E-state index in [0.717, 1.165) is 47.5 Å². The first-order valence-corrected chi connectivity index (χ1v) is 15.0. The zero-order valence-electron chi connectivity index (χ0n) is 25.2. The zero-order chi connectivity index (χ0) is 30.6. The van der Waals surface area contributed by atoms with E-state index in [9.17, 15) is 9.18 Å². The number of halogens is 1. The Bertz CT molecular complexity index is 1920. The molecular weight excluding hydrogens is 553 g/mol. The molecule has 4 aromatic carbocycles. The van der Waals surface area contributed by atoms with E-state index in [-0.39, 0.29) is 11.7 Å². The molecule has 0 saturated heterocycles. The number of benzene rings is 4. The third-order valence-electron chi connectivity index (χ3n) is 7.79. The number of amides is 1. The van der Waals surface area contributed by atoms with Gasteiger partial charge in [-0.15, -0.1) is 0 Å². The molecule has 44 heavy (non-hydrogen) atoms. The Hall–Kier alpha value is -4.88. The first-order chi connectivity index (χ1) is 21.4. The molecule has 6 aromatic rings. The van der Waals surface area contributed by atoms with Crippen LogP contribution in [0, 0.1) is 11.7 Å². The predicted octanol–water partition coefficient (Wildman–Crippen LogP) is 8.11. The van der Waals surface area contributed by atoms with Gasteiger partial charge in [-0.1, -0.05) is 44.2 Å². The van der Waals surface area contributed by atoms with E-state index in [1.807, 2.05) is 42.6 Å². The number of para-hydroxylation sites is 1. The third-order valence-corrected chi connectivity index (χ3v) is 7.79. The Morgan fingerprint density at radius 1 is 0.955 bits per heavy atom. The van der Waals surface area contributed by atoms with Gasteiger partial charge in [-0.05, 0) is 83.8 Å². The number of H-pyrrole nitrogens is 1. The van der Waals surface area contributed by atoms with E-state index in [4.69, 9.17) is 9.15 Å². The lowest BCUT2D eigenvalue weighted by Gasteiger charge is -2.15. The first kappa shape index (κ1) is 29.2. The molecule has 0 aliphatic rings. The second-order valence-electron chi connectivity index (χ2n) is 11.4. The summed E-state index contributed by atoms with van der Waals surface area (Å²) in [5, 5.41) is 8.14. The highest BCUT2D eigenvalue weighted by Gasteiger charge is 2.22. The molecule has 1 amide bonds. The third kappa shape index (κ3) is 6.10. The SMILES string of the molecule is CNC(=O)c1c(-c2ccc(F)cc2)oc2ccc(-c3cc(CNCC(C)C)ccc3OCCc3c[nH]c4ccccc34)cc12. The molecule has 0 saturated carbocycles. The molecule has 0 fully saturated rings. The molecule has 7 heteroatoms. The Kier molecular flexibility index (Phi) is 8.48. The van der Waals surface area contributed by atoms with Gasteiger partial charge < -0.3 is 24.8 Å². The predicted molar refractivity (Wildman–Crippen MR) is 174 cm³/mol. The van der Waals surface area contributed by atoms with Gasteiger partial charge in [-0.25, -0.2) is 4.39 Å². The van der Waals surface area contributed by atoms with E-state index in [2.05, 4.69) is 53.7 Å². The lowest BCUT2D eigenvalue weighted by Crippen LogP contribution is -2.19. The highest BCUT2D eigenvalue weighted by molar-refractivity contribution is 6.11. The lowest BCUT2D eigenvalue weighted by atomic mass is 9.98. The maximum Gasteiger partial charge on any atom is 0.255 e. The van der Waals surface area contributed by atoms with E-state index in [1.165, 1.54) is 23.1 Å². The highest BCUT2D eigenvalue weighted by atomic mass is 19.1. The summed E-state index contributed by atoms with van der Waals surface area (Å²) in [7, 11) is 1.59. The Morgan fingerprint density at radius 2 is 1.75 bits per heavy atom. The first-order valence-electron chi connectivity index (χ1n) is 15.0. The van der Waals surface area contributed by atoms with Crippen molar-refractivity contribution < 1.29 is 18.3 Å².